The molecule has 0 fully saturated rings. The van der Waals surface area contributed by atoms with Crippen molar-refractivity contribution < 1.29 is 40.9 Å². The van der Waals surface area contributed by atoms with Crippen molar-refractivity contribution in [1.82, 2.24) is 4.48 Å². The Balaban J connectivity index is 0.00000144. The van der Waals surface area contributed by atoms with Crippen LogP contribution in [0.5, 0.6) is 0 Å². The number of carbonyl (C=O) groups is 1. The molecule has 3 nitrogen and oxygen atoms in total. The summed E-state index contributed by atoms with van der Waals surface area (Å²) in [6, 6.07) is 15.0. The number of halogens is 1. The molecule has 1 atom stereocenters. The number of fused-ring (bicyclic) bond motifs is 1. The summed E-state index contributed by atoms with van der Waals surface area (Å²) >= 11 is 6.31. The maximum absolute atomic E-state index is 13.1. The van der Waals surface area contributed by atoms with Crippen LogP contribution in [0.1, 0.15) is 20.8 Å². The SMILES string of the molecule is CC[N+]1(c2ccccc2)C(=O)C(C)=C(O)c2c(Cl)cccc21.[H-].[Na+]. The largest absolute Gasteiger partial charge is 1.00 e. The number of hydrogen-bond acceptors (Lipinski definition) is 2. The van der Waals surface area contributed by atoms with Crippen LogP contribution < -0.4 is 34.0 Å². The van der Waals surface area contributed by atoms with E-state index in [2.05, 4.69) is 0 Å². The molecule has 5 heteroatoms. The number of benzene rings is 2. The molecule has 1 aliphatic heterocycles. The average Bonchev–Trinajstić information content (AvgIpc) is 2.55. The smallest absolute Gasteiger partial charge is 1.00 e. The van der Waals surface area contributed by atoms with Crippen molar-refractivity contribution in [2.24, 2.45) is 0 Å². The predicted octanol–water partition coefficient (Wildman–Crippen LogP) is 1.94. The fraction of sp³-hybridized carbons (Fsp3) is 0.167. The van der Waals surface area contributed by atoms with E-state index < -0.39 is 0 Å². The Morgan fingerprint density at radius 1 is 1.13 bits per heavy atom. The second kappa shape index (κ2) is 6.80. The molecule has 3 rings (SSSR count). The van der Waals surface area contributed by atoms with Crippen LogP contribution in [-0.4, -0.2) is 17.6 Å². The van der Waals surface area contributed by atoms with Crippen LogP contribution in [-0.2, 0) is 4.79 Å². The number of likely N-dealkylation sites (N-methyl/N-ethyl adjacent to an activating group) is 1. The second-order valence-corrected chi connectivity index (χ2v) is 5.78. The van der Waals surface area contributed by atoms with Gasteiger partial charge in [0.05, 0.1) is 22.7 Å². The molecule has 1 aliphatic rings. The number of hydrogen-bond donors (Lipinski definition) is 1. The molecular formula is C18H18ClNNaO2+. The standard InChI is InChI=1S/C18H16ClNO2.Na.H/c1-3-20(13-8-5-4-6-9-13)15-11-7-10-14(19)16(15)17(21)12(2)18(20)22;;/h4-11H,3H2,1-2H3;;/q;+1;-1/p+1. The molecule has 2 aromatic carbocycles. The molecule has 1 heterocycles. The first-order valence-electron chi connectivity index (χ1n) is 7.22. The molecule has 1 N–H and O–H groups in total. The number of carbonyl (C=O) groups excluding carboxylic acids is 1. The predicted molar refractivity (Wildman–Crippen MR) is 91.2 cm³/mol. The molecule has 1 amide bonds. The Hall–Kier alpha value is -1.10. The maximum Gasteiger partial charge on any atom is 1.00 e. The first-order valence-corrected chi connectivity index (χ1v) is 7.59. The number of aliphatic hydroxyl groups is 1. The molecule has 114 valence electrons. The second-order valence-electron chi connectivity index (χ2n) is 5.37. The van der Waals surface area contributed by atoms with Crippen LogP contribution in [0.3, 0.4) is 0 Å². The van der Waals surface area contributed by atoms with Crippen molar-refractivity contribution in [2.75, 3.05) is 6.54 Å². The first kappa shape index (κ1) is 18.2. The molecule has 0 spiro atoms. The molecule has 0 saturated heterocycles. The summed E-state index contributed by atoms with van der Waals surface area (Å²) in [7, 11) is 0. The van der Waals surface area contributed by atoms with E-state index in [1.165, 1.54) is 0 Å². The van der Waals surface area contributed by atoms with Crippen molar-refractivity contribution in [3.8, 4) is 0 Å². The Kier molecular flexibility index (Phi) is 5.39. The zero-order valence-electron chi connectivity index (χ0n) is 14.5. The van der Waals surface area contributed by atoms with Crippen LogP contribution >= 0.6 is 11.6 Å². The molecular weight excluding hydrogens is 321 g/mol. The van der Waals surface area contributed by atoms with E-state index in [0.717, 1.165) is 5.69 Å². The number of quaternary nitrogens is 1. The molecule has 1 unspecified atom stereocenters. The molecule has 2 aromatic rings. The van der Waals surface area contributed by atoms with E-state index in [9.17, 15) is 9.90 Å². The summed E-state index contributed by atoms with van der Waals surface area (Å²) in [6.07, 6.45) is 0. The van der Waals surface area contributed by atoms with Crippen molar-refractivity contribution in [3.63, 3.8) is 0 Å². The van der Waals surface area contributed by atoms with Gasteiger partial charge in [0.1, 0.15) is 11.4 Å². The van der Waals surface area contributed by atoms with Gasteiger partial charge in [-0.25, -0.2) is 4.79 Å². The third kappa shape index (κ3) is 2.57. The summed E-state index contributed by atoms with van der Waals surface area (Å²) in [4.78, 5) is 13.1. The molecule has 0 aliphatic carbocycles. The van der Waals surface area contributed by atoms with Crippen LogP contribution in [0.2, 0.25) is 5.02 Å². The number of nitrogens with zero attached hydrogens (tertiary/aromatic N) is 1. The minimum Gasteiger partial charge on any atom is -1.00 e. The fourth-order valence-corrected chi connectivity index (χ4v) is 3.44. The van der Waals surface area contributed by atoms with Gasteiger partial charge in [0.2, 0.25) is 0 Å². The van der Waals surface area contributed by atoms with Crippen molar-refractivity contribution in [1.29, 1.82) is 0 Å². The third-order valence-electron chi connectivity index (χ3n) is 4.33. The summed E-state index contributed by atoms with van der Waals surface area (Å²) in [5.41, 5.74) is 2.47. The Bertz CT molecular complexity index is 795. The Labute approximate surface area is 164 Å². The van der Waals surface area contributed by atoms with Crippen LogP contribution in [0, 0.1) is 0 Å². The fourth-order valence-electron chi connectivity index (χ4n) is 3.19. The minimum atomic E-state index is -0.124. The maximum atomic E-state index is 13.1. The van der Waals surface area contributed by atoms with Gasteiger partial charge < -0.3 is 6.53 Å². The van der Waals surface area contributed by atoms with E-state index in [1.807, 2.05) is 49.4 Å². The molecule has 0 aromatic heterocycles. The zero-order chi connectivity index (χ0) is 15.9. The molecule has 0 bridgehead atoms. The van der Waals surface area contributed by atoms with Gasteiger partial charge in [-0.1, -0.05) is 35.9 Å². The van der Waals surface area contributed by atoms with Crippen LogP contribution in [0.15, 0.2) is 54.1 Å². The van der Waals surface area contributed by atoms with Gasteiger partial charge in [-0.2, -0.15) is 4.48 Å². The van der Waals surface area contributed by atoms with Gasteiger partial charge in [0.25, 0.3) is 0 Å². The van der Waals surface area contributed by atoms with Gasteiger partial charge in [0, 0.05) is 18.2 Å². The molecule has 23 heavy (non-hydrogen) atoms. The summed E-state index contributed by atoms with van der Waals surface area (Å²) in [5, 5.41) is 10.9. The van der Waals surface area contributed by atoms with Crippen molar-refractivity contribution in [3.05, 3.63) is 64.7 Å². The van der Waals surface area contributed by atoms with Gasteiger partial charge >= 0.3 is 35.5 Å². The van der Waals surface area contributed by atoms with E-state index in [4.69, 9.17) is 11.6 Å². The quantitative estimate of drug-likeness (QED) is 0.671. The normalized spacial score (nSPS) is 20.0. The van der Waals surface area contributed by atoms with Crippen LogP contribution in [0.25, 0.3) is 5.76 Å². The zero-order valence-corrected chi connectivity index (χ0v) is 16.3. The van der Waals surface area contributed by atoms with E-state index in [1.54, 1.807) is 13.0 Å². The topological polar surface area (TPSA) is 37.3 Å². The van der Waals surface area contributed by atoms with Crippen molar-refractivity contribution in [2.45, 2.75) is 13.8 Å². The number of rotatable bonds is 2. The summed E-state index contributed by atoms with van der Waals surface area (Å²) in [5.74, 6) is -0.148. The first-order chi connectivity index (χ1) is 10.5. The van der Waals surface area contributed by atoms with Gasteiger partial charge in [-0.15, -0.1) is 0 Å². The third-order valence-corrected chi connectivity index (χ3v) is 4.65. The Morgan fingerprint density at radius 3 is 2.39 bits per heavy atom. The molecule has 0 saturated carbocycles. The van der Waals surface area contributed by atoms with Gasteiger partial charge in [-0.3, -0.25) is 0 Å². The summed E-state index contributed by atoms with van der Waals surface area (Å²) < 4.78 is 0.0344. The number of aliphatic hydroxyl groups excluding tert-OH is 1. The average molecular weight is 339 g/mol. The summed E-state index contributed by atoms with van der Waals surface area (Å²) in [6.45, 7) is 4.15. The van der Waals surface area contributed by atoms with Crippen molar-refractivity contribution >= 4 is 34.6 Å². The van der Waals surface area contributed by atoms with E-state index in [-0.39, 0.29) is 47.1 Å². The van der Waals surface area contributed by atoms with Gasteiger partial charge in [-0.05, 0) is 19.9 Å². The van der Waals surface area contributed by atoms with E-state index >= 15 is 0 Å². The van der Waals surface area contributed by atoms with Gasteiger partial charge in [0.15, 0.2) is 5.69 Å². The monoisotopic (exact) mass is 338 g/mol. The molecule has 0 radical (unpaired) electrons. The minimum absolute atomic E-state index is 0. The van der Waals surface area contributed by atoms with E-state index in [0.29, 0.717) is 28.4 Å². The Morgan fingerprint density at radius 2 is 1.78 bits per heavy atom. The number of amides is 1. The van der Waals surface area contributed by atoms with Crippen LogP contribution in [0.4, 0.5) is 11.4 Å². The number of para-hydroxylation sites is 1.